The first-order valence-electron chi connectivity index (χ1n) is 32.9. The van der Waals surface area contributed by atoms with Gasteiger partial charge in [0.25, 0.3) is 0 Å². The lowest BCUT2D eigenvalue weighted by atomic mass is 10.0. The third kappa shape index (κ3) is 60.6. The Labute approximate surface area is 482 Å². The number of likely N-dealkylation sites (N-methyl/N-ethyl adjacent to an activating group) is 1. The van der Waals surface area contributed by atoms with E-state index in [1.165, 1.54) is 193 Å². The standard InChI is InChI=1S/C69H125NO8/c1-6-8-10-12-14-16-18-20-21-22-23-24-25-26-27-28-29-30-31-32-33-34-35-36-37-38-39-40-41-42-43-44-45-46-47-48-50-52-54-56-58-60-67(72)78-65(64-77-69(68(73)74)75-62-61-70(3,4)5)63-76-66(71)59-57-55-53-51-49-19-17-15-13-11-9-7-2/h8,10,14-17,20-21,23-24,65,69H,6-7,9,11-13,18-19,22,25-64H2,1-5H3/b10-8-,16-14-,17-15-,21-20-,24-23-. The third-order valence-corrected chi connectivity index (χ3v) is 14.5. The molecule has 0 bridgehead atoms. The summed E-state index contributed by atoms with van der Waals surface area (Å²) in [7, 11) is 5.92. The predicted molar refractivity (Wildman–Crippen MR) is 329 cm³/mol. The molecule has 9 heteroatoms. The minimum absolute atomic E-state index is 0.148. The Bertz CT molecular complexity index is 1460. The van der Waals surface area contributed by atoms with E-state index in [2.05, 4.69) is 74.6 Å². The highest BCUT2D eigenvalue weighted by atomic mass is 16.7. The summed E-state index contributed by atoms with van der Waals surface area (Å²) in [6.45, 7) is 4.63. The minimum Gasteiger partial charge on any atom is -0.545 e. The average molecular weight is 1100 g/mol. The number of unbranched alkanes of at least 4 members (excludes halogenated alkanes) is 36. The van der Waals surface area contributed by atoms with Crippen molar-refractivity contribution in [2.75, 3.05) is 47.5 Å². The van der Waals surface area contributed by atoms with Crippen LogP contribution in [-0.2, 0) is 33.3 Å². The zero-order valence-electron chi connectivity index (χ0n) is 51.8. The number of aliphatic carboxylic acids is 1. The van der Waals surface area contributed by atoms with Crippen molar-refractivity contribution < 1.29 is 42.9 Å². The number of allylic oxidation sites excluding steroid dienone is 10. The fourth-order valence-electron chi connectivity index (χ4n) is 9.47. The Balaban J connectivity index is 3.88. The van der Waals surface area contributed by atoms with Gasteiger partial charge in [-0.1, -0.05) is 274 Å². The maximum atomic E-state index is 12.9. The smallest absolute Gasteiger partial charge is 0.306 e. The number of ether oxygens (including phenoxy) is 4. The molecule has 0 aliphatic carbocycles. The molecular formula is C69H125NO8. The van der Waals surface area contributed by atoms with Gasteiger partial charge in [-0.05, 0) is 77.0 Å². The number of hydrogen-bond acceptors (Lipinski definition) is 8. The van der Waals surface area contributed by atoms with E-state index in [1.54, 1.807) is 0 Å². The quantitative estimate of drug-likeness (QED) is 0.0195. The minimum atomic E-state index is -1.62. The molecule has 0 saturated heterocycles. The highest BCUT2D eigenvalue weighted by Crippen LogP contribution is 2.18. The van der Waals surface area contributed by atoms with Crippen molar-refractivity contribution in [1.29, 1.82) is 0 Å². The largest absolute Gasteiger partial charge is 0.545 e. The highest BCUT2D eigenvalue weighted by Gasteiger charge is 2.22. The van der Waals surface area contributed by atoms with E-state index in [4.69, 9.17) is 18.9 Å². The Morgan fingerprint density at radius 2 is 0.731 bits per heavy atom. The molecule has 0 radical (unpaired) electrons. The van der Waals surface area contributed by atoms with Gasteiger partial charge in [0.2, 0.25) is 0 Å². The molecule has 0 rings (SSSR count). The number of hydrogen-bond donors (Lipinski definition) is 0. The summed E-state index contributed by atoms with van der Waals surface area (Å²) in [5.74, 6) is -2.28. The number of carboxylic acids is 1. The van der Waals surface area contributed by atoms with Gasteiger partial charge in [0, 0.05) is 12.8 Å². The van der Waals surface area contributed by atoms with Gasteiger partial charge in [-0.25, -0.2) is 0 Å². The van der Waals surface area contributed by atoms with Crippen molar-refractivity contribution >= 4 is 17.9 Å². The third-order valence-electron chi connectivity index (χ3n) is 14.5. The lowest BCUT2D eigenvalue weighted by Crippen LogP contribution is -2.44. The molecule has 0 heterocycles. The van der Waals surface area contributed by atoms with Crippen molar-refractivity contribution in [2.45, 2.75) is 315 Å². The molecule has 2 atom stereocenters. The first kappa shape index (κ1) is 75.0. The summed E-state index contributed by atoms with van der Waals surface area (Å²) < 4.78 is 22.7. The Morgan fingerprint density at radius 3 is 1.10 bits per heavy atom. The Kier molecular flexibility index (Phi) is 57.8. The van der Waals surface area contributed by atoms with Crippen LogP contribution in [-0.4, -0.2) is 82.3 Å². The Hall–Kier alpha value is -3.01. The maximum absolute atomic E-state index is 12.9. The summed E-state index contributed by atoms with van der Waals surface area (Å²) in [6, 6.07) is 0. The summed E-state index contributed by atoms with van der Waals surface area (Å²) in [6.07, 6.45) is 74.7. The lowest BCUT2D eigenvalue weighted by molar-refractivity contribution is -0.870. The van der Waals surface area contributed by atoms with Gasteiger partial charge in [0.05, 0.1) is 40.3 Å². The van der Waals surface area contributed by atoms with E-state index < -0.39 is 24.3 Å². The second-order valence-corrected chi connectivity index (χ2v) is 23.4. The molecule has 0 aromatic rings. The van der Waals surface area contributed by atoms with E-state index in [0.717, 1.165) is 77.0 Å². The molecule has 2 unspecified atom stereocenters. The molecule has 0 amide bonds. The van der Waals surface area contributed by atoms with Gasteiger partial charge in [0.1, 0.15) is 13.2 Å². The van der Waals surface area contributed by atoms with Crippen LogP contribution in [0.2, 0.25) is 0 Å². The van der Waals surface area contributed by atoms with Gasteiger partial charge >= 0.3 is 11.9 Å². The first-order chi connectivity index (χ1) is 38.1. The van der Waals surface area contributed by atoms with E-state index in [0.29, 0.717) is 17.4 Å². The number of rotatable bonds is 61. The molecule has 9 nitrogen and oxygen atoms in total. The van der Waals surface area contributed by atoms with Gasteiger partial charge in [-0.2, -0.15) is 0 Å². The average Bonchev–Trinajstić information content (AvgIpc) is 3.41. The summed E-state index contributed by atoms with van der Waals surface area (Å²) in [4.78, 5) is 37.2. The topological polar surface area (TPSA) is 111 Å². The van der Waals surface area contributed by atoms with Crippen LogP contribution in [0, 0.1) is 0 Å². The van der Waals surface area contributed by atoms with Crippen LogP contribution >= 0.6 is 0 Å². The molecule has 0 spiro atoms. The van der Waals surface area contributed by atoms with E-state index in [9.17, 15) is 19.5 Å². The van der Waals surface area contributed by atoms with Crippen molar-refractivity contribution in [3.63, 3.8) is 0 Å². The number of esters is 2. The van der Waals surface area contributed by atoms with Crippen molar-refractivity contribution in [1.82, 2.24) is 0 Å². The summed E-state index contributed by atoms with van der Waals surface area (Å²) >= 11 is 0. The maximum Gasteiger partial charge on any atom is 0.306 e. The number of quaternary nitrogens is 1. The molecule has 0 aromatic carbocycles. The number of nitrogens with zero attached hydrogens (tertiary/aromatic N) is 1. The van der Waals surface area contributed by atoms with Crippen LogP contribution in [0.1, 0.15) is 303 Å². The second-order valence-electron chi connectivity index (χ2n) is 23.4. The number of carboxylic acid groups (broad SMARTS) is 1. The predicted octanol–water partition coefficient (Wildman–Crippen LogP) is 18.6. The fraction of sp³-hybridized carbons (Fsp3) is 0.812. The van der Waals surface area contributed by atoms with Crippen LogP contribution in [0.3, 0.4) is 0 Å². The van der Waals surface area contributed by atoms with E-state index in [-0.39, 0.29) is 38.6 Å². The first-order valence-corrected chi connectivity index (χ1v) is 32.9. The summed E-state index contributed by atoms with van der Waals surface area (Å²) in [5, 5.41) is 11.8. The van der Waals surface area contributed by atoms with Gasteiger partial charge < -0.3 is 33.3 Å². The molecule has 0 N–H and O–H groups in total. The molecule has 0 aliphatic rings. The zero-order chi connectivity index (χ0) is 56.9. The van der Waals surface area contributed by atoms with Crippen molar-refractivity contribution in [3.05, 3.63) is 60.8 Å². The zero-order valence-corrected chi connectivity index (χ0v) is 51.8. The Morgan fingerprint density at radius 1 is 0.397 bits per heavy atom. The summed E-state index contributed by atoms with van der Waals surface area (Å²) in [5.41, 5.74) is 0. The fourth-order valence-corrected chi connectivity index (χ4v) is 9.47. The van der Waals surface area contributed by atoms with Crippen molar-refractivity contribution in [3.8, 4) is 0 Å². The molecule has 0 aliphatic heterocycles. The second kappa shape index (κ2) is 60.1. The monoisotopic (exact) mass is 1100 g/mol. The van der Waals surface area contributed by atoms with E-state index in [1.807, 2.05) is 21.1 Å². The van der Waals surface area contributed by atoms with Crippen LogP contribution < -0.4 is 5.11 Å². The number of carbonyl (C=O) groups is 3. The van der Waals surface area contributed by atoms with Crippen LogP contribution in [0.25, 0.3) is 0 Å². The lowest BCUT2D eigenvalue weighted by Gasteiger charge is -2.26. The molecule has 0 fully saturated rings. The van der Waals surface area contributed by atoms with Gasteiger partial charge in [-0.15, -0.1) is 0 Å². The molecular weight excluding hydrogens is 971 g/mol. The van der Waals surface area contributed by atoms with Crippen molar-refractivity contribution in [2.24, 2.45) is 0 Å². The normalized spacial score (nSPS) is 13.1. The molecule has 0 saturated carbocycles. The van der Waals surface area contributed by atoms with Crippen LogP contribution in [0.4, 0.5) is 0 Å². The molecule has 78 heavy (non-hydrogen) atoms. The SMILES string of the molecule is CC/C=C\C/C=C\C/C=C\C/C=C\CCCCCCCCCCCCCCCCCCCCCCCCCCCCCCC(=O)OC(COC(=O)CCCCCCC/C=C\CCCCC)COC(OCC[N+](C)(C)C)C(=O)[O-]. The molecule has 454 valence electrons. The number of carbonyl (C=O) groups excluding carboxylic acids is 3. The van der Waals surface area contributed by atoms with Gasteiger partial charge in [-0.3, -0.25) is 9.59 Å². The van der Waals surface area contributed by atoms with Gasteiger partial charge in [0.15, 0.2) is 12.4 Å². The highest BCUT2D eigenvalue weighted by molar-refractivity contribution is 5.70. The van der Waals surface area contributed by atoms with Crippen LogP contribution in [0.15, 0.2) is 60.8 Å². The van der Waals surface area contributed by atoms with E-state index >= 15 is 0 Å². The van der Waals surface area contributed by atoms with Crippen LogP contribution in [0.5, 0.6) is 0 Å². The molecule has 0 aromatic heterocycles.